The first-order valence-corrected chi connectivity index (χ1v) is 6.88. The first-order chi connectivity index (χ1) is 10.4. The number of benzene rings is 2. The van der Waals surface area contributed by atoms with Gasteiger partial charge in [0, 0.05) is 5.56 Å². The maximum atomic E-state index is 12.9. The number of alkyl halides is 3. The zero-order valence-corrected chi connectivity index (χ0v) is 11.7. The van der Waals surface area contributed by atoms with Crippen molar-refractivity contribution < 1.29 is 18.0 Å². The molecule has 22 heavy (non-hydrogen) atoms. The minimum absolute atomic E-state index is 0.220. The minimum Gasteiger partial charge on any atom is -0.321 e. The van der Waals surface area contributed by atoms with Crippen molar-refractivity contribution >= 4 is 34.4 Å². The second-order valence-electron chi connectivity index (χ2n) is 4.47. The molecule has 4 nitrogen and oxygen atoms in total. The standard InChI is InChI=1S/C14H8F3N3OS/c15-14(16,17)9-3-1-2-4-10(9)18-13(21)8-5-6-11-12(7-8)20-22-19-11/h1-7H,(H,18,21). The number of nitrogens with one attached hydrogen (secondary N) is 1. The summed E-state index contributed by atoms with van der Waals surface area (Å²) in [6.07, 6.45) is -4.54. The molecule has 0 spiro atoms. The summed E-state index contributed by atoms with van der Waals surface area (Å²) in [6, 6.07) is 9.42. The molecule has 0 saturated carbocycles. The molecule has 1 N–H and O–H groups in total. The van der Waals surface area contributed by atoms with Crippen molar-refractivity contribution in [1.29, 1.82) is 0 Å². The van der Waals surface area contributed by atoms with E-state index in [-0.39, 0.29) is 11.3 Å². The molecular weight excluding hydrogens is 315 g/mol. The molecule has 1 amide bonds. The molecule has 2 aromatic carbocycles. The maximum Gasteiger partial charge on any atom is 0.418 e. The highest BCUT2D eigenvalue weighted by Crippen LogP contribution is 2.34. The van der Waals surface area contributed by atoms with Crippen molar-refractivity contribution in [2.24, 2.45) is 0 Å². The molecule has 0 bridgehead atoms. The summed E-state index contributed by atoms with van der Waals surface area (Å²) in [7, 11) is 0. The molecular formula is C14H8F3N3OS. The van der Waals surface area contributed by atoms with Crippen molar-refractivity contribution in [3.63, 3.8) is 0 Å². The predicted molar refractivity (Wildman–Crippen MR) is 76.8 cm³/mol. The summed E-state index contributed by atoms with van der Waals surface area (Å²) >= 11 is 1.00. The van der Waals surface area contributed by atoms with Gasteiger partial charge >= 0.3 is 6.18 Å². The van der Waals surface area contributed by atoms with Gasteiger partial charge < -0.3 is 5.32 Å². The van der Waals surface area contributed by atoms with Gasteiger partial charge in [0.25, 0.3) is 5.91 Å². The summed E-state index contributed by atoms with van der Waals surface area (Å²) < 4.78 is 46.7. The van der Waals surface area contributed by atoms with E-state index in [0.29, 0.717) is 11.0 Å². The highest BCUT2D eigenvalue weighted by Gasteiger charge is 2.33. The van der Waals surface area contributed by atoms with E-state index in [4.69, 9.17) is 0 Å². The van der Waals surface area contributed by atoms with Crippen molar-refractivity contribution in [2.45, 2.75) is 6.18 Å². The average Bonchev–Trinajstić information content (AvgIpc) is 2.94. The van der Waals surface area contributed by atoms with E-state index >= 15 is 0 Å². The Morgan fingerprint density at radius 3 is 2.55 bits per heavy atom. The fourth-order valence-corrected chi connectivity index (χ4v) is 2.47. The predicted octanol–water partition coefficient (Wildman–Crippen LogP) is 3.96. The first-order valence-electron chi connectivity index (χ1n) is 6.15. The Labute approximate surface area is 126 Å². The number of amides is 1. The van der Waals surface area contributed by atoms with E-state index in [0.717, 1.165) is 17.8 Å². The van der Waals surface area contributed by atoms with E-state index in [9.17, 15) is 18.0 Å². The molecule has 1 aromatic heterocycles. The van der Waals surface area contributed by atoms with Gasteiger partial charge in [-0.25, -0.2) is 0 Å². The number of carbonyl (C=O) groups is 1. The fourth-order valence-electron chi connectivity index (χ4n) is 1.96. The molecule has 0 aliphatic heterocycles. The number of anilines is 1. The smallest absolute Gasteiger partial charge is 0.321 e. The number of nitrogens with zero attached hydrogens (tertiary/aromatic N) is 2. The Kier molecular flexibility index (Phi) is 3.53. The Morgan fingerprint density at radius 2 is 1.77 bits per heavy atom. The molecule has 112 valence electrons. The highest BCUT2D eigenvalue weighted by atomic mass is 32.1. The first kappa shape index (κ1) is 14.5. The van der Waals surface area contributed by atoms with Crippen LogP contribution in [0.1, 0.15) is 15.9 Å². The molecule has 8 heteroatoms. The maximum absolute atomic E-state index is 12.9. The molecule has 0 radical (unpaired) electrons. The normalized spacial score (nSPS) is 11.6. The third-order valence-electron chi connectivity index (χ3n) is 3.00. The summed E-state index contributed by atoms with van der Waals surface area (Å²) in [6.45, 7) is 0. The van der Waals surface area contributed by atoms with Crippen LogP contribution < -0.4 is 5.32 Å². The second-order valence-corrected chi connectivity index (χ2v) is 4.99. The number of hydrogen-bond acceptors (Lipinski definition) is 4. The topological polar surface area (TPSA) is 54.9 Å². The van der Waals surface area contributed by atoms with Crippen LogP contribution in [-0.4, -0.2) is 14.7 Å². The number of carbonyl (C=O) groups excluding carboxylic acids is 1. The lowest BCUT2D eigenvalue weighted by Crippen LogP contribution is -2.16. The summed E-state index contributed by atoms with van der Waals surface area (Å²) in [5, 5.41) is 2.29. The Hall–Kier alpha value is -2.48. The number of hydrogen-bond donors (Lipinski definition) is 1. The van der Waals surface area contributed by atoms with Crippen LogP contribution in [0.3, 0.4) is 0 Å². The van der Waals surface area contributed by atoms with Gasteiger partial charge in [-0.3, -0.25) is 4.79 Å². The van der Waals surface area contributed by atoms with Crippen molar-refractivity contribution in [3.05, 3.63) is 53.6 Å². The highest BCUT2D eigenvalue weighted by molar-refractivity contribution is 7.00. The summed E-state index contributed by atoms with van der Waals surface area (Å²) in [5.74, 6) is -0.633. The lowest BCUT2D eigenvalue weighted by Gasteiger charge is -2.13. The Bertz CT molecular complexity index is 844. The van der Waals surface area contributed by atoms with Gasteiger partial charge in [-0.1, -0.05) is 12.1 Å². The van der Waals surface area contributed by atoms with E-state index in [1.807, 2.05) is 0 Å². The zero-order valence-electron chi connectivity index (χ0n) is 10.9. The summed E-state index contributed by atoms with van der Waals surface area (Å²) in [5.41, 5.74) is 0.215. The van der Waals surface area contributed by atoms with Crippen LogP contribution in [-0.2, 0) is 6.18 Å². The van der Waals surface area contributed by atoms with Crippen LogP contribution in [0.15, 0.2) is 42.5 Å². The third kappa shape index (κ3) is 2.77. The molecule has 0 unspecified atom stereocenters. The van der Waals surface area contributed by atoms with E-state index in [1.54, 1.807) is 6.07 Å². The van der Waals surface area contributed by atoms with Gasteiger partial charge in [0.1, 0.15) is 11.0 Å². The van der Waals surface area contributed by atoms with Gasteiger partial charge in [-0.2, -0.15) is 21.9 Å². The minimum atomic E-state index is -4.54. The van der Waals surface area contributed by atoms with Gasteiger partial charge in [0.05, 0.1) is 23.0 Å². The molecule has 1 heterocycles. The third-order valence-corrected chi connectivity index (χ3v) is 3.55. The van der Waals surface area contributed by atoms with Gasteiger partial charge in [0.2, 0.25) is 0 Å². The number of rotatable bonds is 2. The van der Waals surface area contributed by atoms with Crippen LogP contribution in [0, 0.1) is 0 Å². The van der Waals surface area contributed by atoms with Gasteiger partial charge in [0.15, 0.2) is 0 Å². The van der Waals surface area contributed by atoms with Gasteiger partial charge in [-0.05, 0) is 30.3 Å². The Balaban J connectivity index is 1.91. The van der Waals surface area contributed by atoms with Crippen molar-refractivity contribution in [1.82, 2.24) is 8.75 Å². The number of aromatic nitrogens is 2. The SMILES string of the molecule is O=C(Nc1ccccc1C(F)(F)F)c1ccc2nsnc2c1. The van der Waals surface area contributed by atoms with Crippen molar-refractivity contribution in [2.75, 3.05) is 5.32 Å². The molecule has 0 aliphatic carbocycles. The lowest BCUT2D eigenvalue weighted by atomic mass is 10.1. The number of fused-ring (bicyclic) bond motifs is 1. The fraction of sp³-hybridized carbons (Fsp3) is 0.0714. The molecule has 3 aromatic rings. The van der Waals surface area contributed by atoms with E-state index in [1.165, 1.54) is 30.3 Å². The second kappa shape index (κ2) is 5.38. The van der Waals surface area contributed by atoms with Crippen LogP contribution in [0.2, 0.25) is 0 Å². The number of para-hydroxylation sites is 1. The van der Waals surface area contributed by atoms with Crippen molar-refractivity contribution in [3.8, 4) is 0 Å². The zero-order chi connectivity index (χ0) is 15.7. The monoisotopic (exact) mass is 323 g/mol. The van der Waals surface area contributed by atoms with E-state index < -0.39 is 17.6 Å². The van der Waals surface area contributed by atoms with Crippen LogP contribution in [0.5, 0.6) is 0 Å². The quantitative estimate of drug-likeness (QED) is 0.776. The molecule has 0 atom stereocenters. The van der Waals surface area contributed by atoms with Crippen LogP contribution >= 0.6 is 11.7 Å². The molecule has 3 rings (SSSR count). The lowest BCUT2D eigenvalue weighted by molar-refractivity contribution is -0.136. The molecule has 0 saturated heterocycles. The largest absolute Gasteiger partial charge is 0.418 e. The molecule has 0 fully saturated rings. The summed E-state index contributed by atoms with van der Waals surface area (Å²) in [4.78, 5) is 12.1. The molecule has 0 aliphatic rings. The van der Waals surface area contributed by atoms with Gasteiger partial charge in [-0.15, -0.1) is 0 Å². The van der Waals surface area contributed by atoms with Crippen LogP contribution in [0.4, 0.5) is 18.9 Å². The average molecular weight is 323 g/mol. The Morgan fingerprint density at radius 1 is 1.05 bits per heavy atom. The number of halogens is 3. The van der Waals surface area contributed by atoms with E-state index in [2.05, 4.69) is 14.1 Å². The van der Waals surface area contributed by atoms with Crippen LogP contribution in [0.25, 0.3) is 11.0 Å².